The molecule has 0 radical (unpaired) electrons. The minimum Gasteiger partial charge on any atom is -0.336 e. The molecule has 0 N–H and O–H groups in total. The molecule has 24 heavy (non-hydrogen) atoms. The quantitative estimate of drug-likeness (QED) is 0.850. The molecule has 2 aliphatic heterocycles. The molecule has 2 aliphatic rings. The Kier molecular flexibility index (Phi) is 4.09. The van der Waals surface area contributed by atoms with Crippen molar-refractivity contribution in [2.75, 3.05) is 0 Å². The molecule has 0 spiro atoms. The highest BCUT2D eigenvalue weighted by Gasteiger charge is 2.43. The minimum atomic E-state index is 0.214. The Labute approximate surface area is 147 Å². The van der Waals surface area contributed by atoms with Crippen molar-refractivity contribution in [1.82, 2.24) is 14.7 Å². The van der Waals surface area contributed by atoms with Crippen LogP contribution in [-0.4, -0.2) is 32.7 Å². The number of hydrogen-bond donors (Lipinski definition) is 0. The maximum absolute atomic E-state index is 12.9. The molecular formula is C19H22ClN3O. The predicted octanol–water partition coefficient (Wildman–Crippen LogP) is 3.78. The van der Waals surface area contributed by atoms with Gasteiger partial charge >= 0.3 is 0 Å². The third-order valence-electron chi connectivity index (χ3n) is 5.40. The molecule has 4 nitrogen and oxygen atoms in total. The summed E-state index contributed by atoms with van der Waals surface area (Å²) in [5.41, 5.74) is 2.12. The second kappa shape index (κ2) is 6.25. The second-order valence-corrected chi connectivity index (χ2v) is 7.48. The average molecular weight is 344 g/mol. The minimum absolute atomic E-state index is 0.214. The first-order chi connectivity index (χ1) is 11.6. The Hall–Kier alpha value is -1.81. The number of amides is 1. The van der Waals surface area contributed by atoms with Crippen LogP contribution in [0.4, 0.5) is 0 Å². The highest BCUT2D eigenvalue weighted by molar-refractivity contribution is 6.31. The van der Waals surface area contributed by atoms with Gasteiger partial charge in [0, 0.05) is 23.3 Å². The van der Waals surface area contributed by atoms with Crippen molar-refractivity contribution >= 4 is 17.5 Å². The highest BCUT2D eigenvalue weighted by atomic mass is 35.5. The van der Waals surface area contributed by atoms with Crippen molar-refractivity contribution in [1.29, 1.82) is 0 Å². The van der Waals surface area contributed by atoms with Crippen LogP contribution < -0.4 is 0 Å². The molecule has 1 amide bonds. The average Bonchev–Trinajstić information content (AvgIpc) is 3.11. The zero-order valence-corrected chi connectivity index (χ0v) is 14.6. The molecule has 2 saturated heterocycles. The summed E-state index contributed by atoms with van der Waals surface area (Å²) in [4.78, 5) is 15.0. The summed E-state index contributed by atoms with van der Waals surface area (Å²) in [6.07, 6.45) is 8.66. The van der Waals surface area contributed by atoms with Crippen molar-refractivity contribution in [2.45, 2.75) is 57.2 Å². The van der Waals surface area contributed by atoms with Crippen LogP contribution in [-0.2, 0) is 11.2 Å². The van der Waals surface area contributed by atoms with Gasteiger partial charge in [-0.3, -0.25) is 9.48 Å². The Morgan fingerprint density at radius 1 is 1.21 bits per heavy atom. The summed E-state index contributed by atoms with van der Waals surface area (Å²) in [7, 11) is 0. The van der Waals surface area contributed by atoms with Crippen LogP contribution in [0.15, 0.2) is 36.7 Å². The zero-order valence-electron chi connectivity index (χ0n) is 13.9. The molecule has 4 rings (SSSR count). The fourth-order valence-corrected chi connectivity index (χ4v) is 4.50. The Morgan fingerprint density at radius 2 is 1.92 bits per heavy atom. The Bertz CT molecular complexity index is 743. The van der Waals surface area contributed by atoms with Gasteiger partial charge < -0.3 is 4.90 Å². The molecule has 0 saturated carbocycles. The van der Waals surface area contributed by atoms with Crippen LogP contribution in [0, 0.1) is 6.92 Å². The molecule has 2 fully saturated rings. The van der Waals surface area contributed by atoms with Gasteiger partial charge in [-0.25, -0.2) is 0 Å². The molecular weight excluding hydrogens is 322 g/mol. The summed E-state index contributed by atoms with van der Waals surface area (Å²) in [6, 6.07) is 8.74. The van der Waals surface area contributed by atoms with E-state index in [9.17, 15) is 4.79 Å². The summed E-state index contributed by atoms with van der Waals surface area (Å²) in [5, 5.41) is 5.16. The third kappa shape index (κ3) is 2.84. The van der Waals surface area contributed by atoms with Gasteiger partial charge in [0.2, 0.25) is 5.91 Å². The highest BCUT2D eigenvalue weighted by Crippen LogP contribution is 2.41. The molecule has 2 aromatic rings. The van der Waals surface area contributed by atoms with E-state index < -0.39 is 0 Å². The van der Waals surface area contributed by atoms with Gasteiger partial charge in [-0.15, -0.1) is 0 Å². The van der Waals surface area contributed by atoms with Gasteiger partial charge in [0.25, 0.3) is 0 Å². The summed E-state index contributed by atoms with van der Waals surface area (Å²) in [5.74, 6) is 0.214. The second-order valence-electron chi connectivity index (χ2n) is 7.08. The van der Waals surface area contributed by atoms with Crippen LogP contribution in [0.5, 0.6) is 0 Å². The molecule has 5 heteroatoms. The van der Waals surface area contributed by atoms with Gasteiger partial charge in [-0.1, -0.05) is 29.8 Å². The molecule has 126 valence electrons. The number of hydrogen-bond acceptors (Lipinski definition) is 2. The van der Waals surface area contributed by atoms with Gasteiger partial charge in [-0.2, -0.15) is 5.10 Å². The van der Waals surface area contributed by atoms with Crippen LogP contribution in [0.2, 0.25) is 5.02 Å². The lowest BCUT2D eigenvalue weighted by Gasteiger charge is -2.39. The maximum Gasteiger partial charge on any atom is 0.227 e. The Morgan fingerprint density at radius 3 is 2.54 bits per heavy atom. The molecule has 1 aromatic carbocycles. The first-order valence-electron chi connectivity index (χ1n) is 8.67. The monoisotopic (exact) mass is 343 g/mol. The fourth-order valence-electron chi connectivity index (χ4n) is 4.30. The Balaban J connectivity index is 1.48. The lowest BCUT2D eigenvalue weighted by molar-refractivity contribution is -0.135. The van der Waals surface area contributed by atoms with E-state index in [2.05, 4.69) is 27.8 Å². The van der Waals surface area contributed by atoms with Crippen LogP contribution in [0.25, 0.3) is 0 Å². The standard InChI is InChI=1S/C19H22ClN3O/c1-13-11-21-22(12-13)17-9-15-6-7-16(10-17)23(15)19(24)8-14-4-2-3-5-18(14)20/h2-5,11-12,15-17H,6-10H2,1H3. The van der Waals surface area contributed by atoms with Crippen molar-refractivity contribution < 1.29 is 4.79 Å². The van der Waals surface area contributed by atoms with E-state index >= 15 is 0 Å². The third-order valence-corrected chi connectivity index (χ3v) is 5.77. The smallest absolute Gasteiger partial charge is 0.227 e. The van der Waals surface area contributed by atoms with Gasteiger partial charge in [0.05, 0.1) is 18.7 Å². The number of rotatable bonds is 3. The topological polar surface area (TPSA) is 38.1 Å². The van der Waals surface area contributed by atoms with Crippen LogP contribution in [0.3, 0.4) is 0 Å². The van der Waals surface area contributed by atoms with Crippen molar-refractivity contribution in [2.24, 2.45) is 0 Å². The molecule has 2 atom stereocenters. The zero-order chi connectivity index (χ0) is 16.7. The number of nitrogens with zero attached hydrogens (tertiary/aromatic N) is 3. The van der Waals surface area contributed by atoms with E-state index in [1.807, 2.05) is 30.5 Å². The van der Waals surface area contributed by atoms with Gasteiger partial charge in [-0.05, 0) is 49.8 Å². The molecule has 2 unspecified atom stereocenters. The first kappa shape index (κ1) is 15.7. The molecule has 3 heterocycles. The van der Waals surface area contributed by atoms with Gasteiger partial charge in [0.15, 0.2) is 0 Å². The molecule has 1 aromatic heterocycles. The van der Waals surface area contributed by atoms with Crippen LogP contribution in [0.1, 0.15) is 42.9 Å². The first-order valence-corrected chi connectivity index (χ1v) is 9.05. The van der Waals surface area contributed by atoms with E-state index in [1.54, 1.807) is 0 Å². The van der Waals surface area contributed by atoms with Gasteiger partial charge in [0.1, 0.15) is 0 Å². The number of halogens is 1. The summed E-state index contributed by atoms with van der Waals surface area (Å²) >= 11 is 6.22. The normalized spacial score (nSPS) is 25.9. The molecule has 2 bridgehead atoms. The number of fused-ring (bicyclic) bond motifs is 2. The number of piperidine rings is 1. The molecule has 0 aliphatic carbocycles. The van der Waals surface area contributed by atoms with Crippen LogP contribution >= 0.6 is 11.6 Å². The van der Waals surface area contributed by atoms with E-state index in [0.717, 1.165) is 31.2 Å². The summed E-state index contributed by atoms with van der Waals surface area (Å²) in [6.45, 7) is 2.07. The van der Waals surface area contributed by atoms with E-state index in [-0.39, 0.29) is 5.91 Å². The number of aryl methyl sites for hydroxylation is 1. The van der Waals surface area contributed by atoms with Crippen molar-refractivity contribution in [3.05, 3.63) is 52.8 Å². The maximum atomic E-state index is 12.9. The van der Waals surface area contributed by atoms with Crippen molar-refractivity contribution in [3.63, 3.8) is 0 Å². The number of carbonyl (C=O) groups excluding carboxylic acids is 1. The van der Waals surface area contributed by atoms with Crippen molar-refractivity contribution in [3.8, 4) is 0 Å². The van der Waals surface area contributed by atoms with E-state index in [0.29, 0.717) is 29.6 Å². The number of aromatic nitrogens is 2. The van der Waals surface area contributed by atoms with E-state index in [1.165, 1.54) is 5.56 Å². The SMILES string of the molecule is Cc1cnn(C2CC3CCC(C2)N3C(=O)Cc2ccccc2Cl)c1. The fraction of sp³-hybridized carbons (Fsp3) is 0.474. The number of carbonyl (C=O) groups is 1. The largest absolute Gasteiger partial charge is 0.336 e. The predicted molar refractivity (Wildman–Crippen MR) is 94.0 cm³/mol. The lowest BCUT2D eigenvalue weighted by atomic mass is 9.96. The lowest BCUT2D eigenvalue weighted by Crippen LogP contribution is -2.47. The summed E-state index contributed by atoms with van der Waals surface area (Å²) < 4.78 is 2.09. The van der Waals surface area contributed by atoms with E-state index in [4.69, 9.17) is 11.6 Å². The number of benzene rings is 1.